The largest absolute Gasteiger partial charge is 0.351 e. The van der Waals surface area contributed by atoms with Crippen molar-refractivity contribution in [1.29, 1.82) is 0 Å². The van der Waals surface area contributed by atoms with Crippen molar-refractivity contribution in [3.63, 3.8) is 0 Å². The molecule has 1 aromatic carbocycles. The van der Waals surface area contributed by atoms with E-state index in [2.05, 4.69) is 10.6 Å². The van der Waals surface area contributed by atoms with Crippen molar-refractivity contribution in [2.45, 2.75) is 23.6 Å². The number of thioether (sulfide) groups is 1. The van der Waals surface area contributed by atoms with Crippen molar-refractivity contribution in [3.05, 3.63) is 47.3 Å². The summed E-state index contributed by atoms with van der Waals surface area (Å²) in [7, 11) is 0. The summed E-state index contributed by atoms with van der Waals surface area (Å²) >= 11 is 3.19. The van der Waals surface area contributed by atoms with Crippen molar-refractivity contribution in [3.8, 4) is 0 Å². The third kappa shape index (κ3) is 5.11. The number of hydrogen-bond acceptors (Lipinski definition) is 4. The van der Waals surface area contributed by atoms with Gasteiger partial charge in [0, 0.05) is 18.2 Å². The van der Waals surface area contributed by atoms with Gasteiger partial charge in [0.2, 0.25) is 11.8 Å². The van der Waals surface area contributed by atoms with E-state index in [1.807, 2.05) is 41.8 Å². The lowest BCUT2D eigenvalue weighted by molar-refractivity contribution is -0.119. The molecule has 0 bridgehead atoms. The molecule has 1 aliphatic rings. The number of rotatable bonds is 7. The maximum absolute atomic E-state index is 11.8. The third-order valence-corrected chi connectivity index (χ3v) is 5.63. The van der Waals surface area contributed by atoms with Crippen LogP contribution in [0.4, 0.5) is 5.69 Å². The molecule has 1 heterocycles. The van der Waals surface area contributed by atoms with Crippen molar-refractivity contribution >= 4 is 40.6 Å². The fourth-order valence-electron chi connectivity index (χ4n) is 2.03. The first kappa shape index (κ1) is 16.1. The van der Waals surface area contributed by atoms with Crippen LogP contribution in [-0.2, 0) is 16.1 Å². The van der Waals surface area contributed by atoms with E-state index in [1.165, 1.54) is 0 Å². The molecule has 0 unspecified atom stereocenters. The van der Waals surface area contributed by atoms with E-state index in [-0.39, 0.29) is 17.7 Å². The molecule has 1 saturated carbocycles. The van der Waals surface area contributed by atoms with Crippen LogP contribution in [-0.4, -0.2) is 17.6 Å². The Morgan fingerprint density at radius 2 is 1.96 bits per heavy atom. The summed E-state index contributed by atoms with van der Waals surface area (Å²) in [5, 5.41) is 7.81. The van der Waals surface area contributed by atoms with Crippen LogP contribution in [0.1, 0.15) is 18.4 Å². The van der Waals surface area contributed by atoms with Gasteiger partial charge >= 0.3 is 0 Å². The Bertz CT molecular complexity index is 664. The molecular weight excluding hydrogens is 328 g/mol. The van der Waals surface area contributed by atoms with Crippen LogP contribution >= 0.6 is 23.1 Å². The molecule has 0 saturated heterocycles. The average molecular weight is 346 g/mol. The summed E-state index contributed by atoms with van der Waals surface area (Å²) in [5.74, 6) is 0.761. The lowest BCUT2D eigenvalue weighted by atomic mass is 10.2. The standard InChI is InChI=1S/C17H18N2O2S2/c20-15(11-23-16-2-1-9-22-16)18-10-12-3-7-14(8-4-12)19-17(21)13-5-6-13/h1-4,7-9,13H,5-6,10-11H2,(H,18,20)(H,19,21). The molecule has 0 spiro atoms. The van der Waals surface area contributed by atoms with E-state index in [9.17, 15) is 9.59 Å². The topological polar surface area (TPSA) is 58.2 Å². The normalized spacial score (nSPS) is 13.6. The summed E-state index contributed by atoms with van der Waals surface area (Å²) in [6, 6.07) is 11.6. The minimum atomic E-state index is 0.0227. The van der Waals surface area contributed by atoms with Crippen LogP contribution in [0.5, 0.6) is 0 Å². The van der Waals surface area contributed by atoms with E-state index in [0.717, 1.165) is 28.3 Å². The highest BCUT2D eigenvalue weighted by Gasteiger charge is 2.29. The highest BCUT2D eigenvalue weighted by atomic mass is 32.2. The Hall–Kier alpha value is -1.79. The minimum Gasteiger partial charge on any atom is -0.351 e. The van der Waals surface area contributed by atoms with Crippen LogP contribution in [0.3, 0.4) is 0 Å². The van der Waals surface area contributed by atoms with Gasteiger partial charge in [0.05, 0.1) is 9.96 Å². The van der Waals surface area contributed by atoms with Crippen LogP contribution in [0.15, 0.2) is 46.0 Å². The Morgan fingerprint density at radius 1 is 1.17 bits per heavy atom. The van der Waals surface area contributed by atoms with Crippen molar-refractivity contribution < 1.29 is 9.59 Å². The minimum absolute atomic E-state index is 0.0227. The van der Waals surface area contributed by atoms with E-state index < -0.39 is 0 Å². The zero-order chi connectivity index (χ0) is 16.1. The number of amides is 2. The van der Waals surface area contributed by atoms with Crippen molar-refractivity contribution in [2.75, 3.05) is 11.1 Å². The number of anilines is 1. The average Bonchev–Trinajstić information content (AvgIpc) is 3.29. The van der Waals surface area contributed by atoms with Gasteiger partial charge in [-0.3, -0.25) is 9.59 Å². The van der Waals surface area contributed by atoms with Crippen LogP contribution in [0.2, 0.25) is 0 Å². The van der Waals surface area contributed by atoms with Crippen LogP contribution in [0, 0.1) is 5.92 Å². The van der Waals surface area contributed by atoms with E-state index in [4.69, 9.17) is 0 Å². The molecule has 120 valence electrons. The lowest BCUT2D eigenvalue weighted by Gasteiger charge is -2.07. The first-order valence-corrected chi connectivity index (χ1v) is 9.40. The molecule has 2 amide bonds. The Labute approximate surface area is 143 Å². The molecule has 0 radical (unpaired) electrons. The van der Waals surface area contributed by atoms with Gasteiger partial charge in [-0.2, -0.15) is 0 Å². The summed E-state index contributed by atoms with van der Waals surface area (Å²) < 4.78 is 1.15. The number of hydrogen-bond donors (Lipinski definition) is 2. The number of benzene rings is 1. The maximum atomic E-state index is 11.8. The SMILES string of the molecule is O=C(CSc1cccs1)NCc1ccc(NC(=O)C2CC2)cc1. The Kier molecular flexibility index (Phi) is 5.35. The molecular formula is C17H18N2O2S2. The zero-order valence-corrected chi connectivity index (χ0v) is 14.2. The van der Waals surface area contributed by atoms with Gasteiger partial charge in [-0.15, -0.1) is 23.1 Å². The molecule has 1 aliphatic carbocycles. The second-order valence-electron chi connectivity index (χ2n) is 5.46. The van der Waals surface area contributed by atoms with Gasteiger partial charge in [-0.05, 0) is 42.0 Å². The Morgan fingerprint density at radius 3 is 2.61 bits per heavy atom. The fourth-order valence-corrected chi connectivity index (χ4v) is 3.64. The molecule has 2 N–H and O–H groups in total. The van der Waals surface area contributed by atoms with Gasteiger partial charge in [-0.1, -0.05) is 18.2 Å². The highest BCUT2D eigenvalue weighted by Crippen LogP contribution is 2.30. The highest BCUT2D eigenvalue weighted by molar-refractivity contribution is 8.01. The molecule has 6 heteroatoms. The van der Waals surface area contributed by atoms with Gasteiger partial charge < -0.3 is 10.6 Å². The van der Waals surface area contributed by atoms with Gasteiger partial charge in [-0.25, -0.2) is 0 Å². The van der Waals surface area contributed by atoms with Gasteiger partial charge in [0.25, 0.3) is 0 Å². The predicted molar refractivity (Wildman–Crippen MR) is 94.7 cm³/mol. The molecule has 23 heavy (non-hydrogen) atoms. The third-order valence-electron chi connectivity index (χ3n) is 3.50. The first-order valence-electron chi connectivity index (χ1n) is 7.53. The fraction of sp³-hybridized carbons (Fsp3) is 0.294. The summed E-state index contributed by atoms with van der Waals surface area (Å²) in [4.78, 5) is 23.5. The summed E-state index contributed by atoms with van der Waals surface area (Å²) in [5.41, 5.74) is 1.83. The molecule has 1 fully saturated rings. The number of thiophene rings is 1. The van der Waals surface area contributed by atoms with E-state index >= 15 is 0 Å². The number of carbonyl (C=O) groups is 2. The van der Waals surface area contributed by atoms with Gasteiger partial charge in [0.1, 0.15) is 0 Å². The van der Waals surface area contributed by atoms with Crippen molar-refractivity contribution in [2.24, 2.45) is 5.92 Å². The second-order valence-corrected chi connectivity index (χ2v) is 7.68. The Balaban J connectivity index is 1.40. The number of carbonyl (C=O) groups excluding carboxylic acids is 2. The molecule has 0 atom stereocenters. The zero-order valence-electron chi connectivity index (χ0n) is 12.6. The van der Waals surface area contributed by atoms with E-state index in [0.29, 0.717) is 12.3 Å². The maximum Gasteiger partial charge on any atom is 0.230 e. The summed E-state index contributed by atoms with van der Waals surface area (Å²) in [6.45, 7) is 0.501. The van der Waals surface area contributed by atoms with Crippen LogP contribution < -0.4 is 10.6 Å². The molecule has 4 nitrogen and oxygen atoms in total. The lowest BCUT2D eigenvalue weighted by Crippen LogP contribution is -2.24. The van der Waals surface area contributed by atoms with Crippen LogP contribution in [0.25, 0.3) is 0 Å². The summed E-state index contributed by atoms with van der Waals surface area (Å²) in [6.07, 6.45) is 2.00. The van der Waals surface area contributed by atoms with Crippen molar-refractivity contribution in [1.82, 2.24) is 5.32 Å². The monoisotopic (exact) mass is 346 g/mol. The van der Waals surface area contributed by atoms with E-state index in [1.54, 1.807) is 23.1 Å². The van der Waals surface area contributed by atoms with Gasteiger partial charge in [0.15, 0.2) is 0 Å². The smallest absolute Gasteiger partial charge is 0.230 e. The molecule has 3 rings (SSSR count). The molecule has 0 aliphatic heterocycles. The predicted octanol–water partition coefficient (Wildman–Crippen LogP) is 3.51. The second kappa shape index (κ2) is 7.66. The first-order chi connectivity index (χ1) is 11.2. The quantitative estimate of drug-likeness (QED) is 0.754. The number of nitrogens with one attached hydrogen (secondary N) is 2. The molecule has 1 aromatic heterocycles. The molecule has 2 aromatic rings.